The maximum Gasteiger partial charge on any atom is 0.573 e. The summed E-state index contributed by atoms with van der Waals surface area (Å²) in [7, 11) is 1.42. The van der Waals surface area contributed by atoms with Crippen LogP contribution in [-0.2, 0) is 11.8 Å². The van der Waals surface area contributed by atoms with Crippen molar-refractivity contribution in [3.63, 3.8) is 0 Å². The lowest BCUT2D eigenvalue weighted by atomic mass is 9.70. The van der Waals surface area contributed by atoms with Crippen LogP contribution in [0.4, 0.5) is 26.3 Å². The van der Waals surface area contributed by atoms with Crippen molar-refractivity contribution in [3.8, 4) is 17.2 Å². The van der Waals surface area contributed by atoms with Gasteiger partial charge in [0.15, 0.2) is 0 Å². The Labute approximate surface area is 241 Å². The second-order valence-corrected chi connectivity index (χ2v) is 10.4. The highest BCUT2D eigenvalue weighted by molar-refractivity contribution is 7.10. The van der Waals surface area contributed by atoms with Gasteiger partial charge in [0.2, 0.25) is 0 Å². The Kier molecular flexibility index (Phi) is 9.05. The number of thiophene rings is 1. The van der Waals surface area contributed by atoms with Crippen LogP contribution in [0, 0.1) is 6.92 Å². The normalized spacial score (nSPS) is 12.1. The van der Waals surface area contributed by atoms with Gasteiger partial charge in [-0.1, -0.05) is 54.6 Å². The lowest BCUT2D eigenvalue weighted by Crippen LogP contribution is -2.43. The van der Waals surface area contributed by atoms with E-state index in [4.69, 9.17) is 4.74 Å². The lowest BCUT2D eigenvalue weighted by Gasteiger charge is -2.36. The minimum Gasteiger partial charge on any atom is -0.495 e. The highest BCUT2D eigenvalue weighted by atomic mass is 32.1. The summed E-state index contributed by atoms with van der Waals surface area (Å²) in [4.78, 5) is 14.1. The van der Waals surface area contributed by atoms with E-state index in [1.807, 2.05) is 0 Å². The number of ether oxygens (including phenoxy) is 3. The molecule has 1 heterocycles. The molecule has 0 saturated carbocycles. The van der Waals surface area contributed by atoms with E-state index in [2.05, 4.69) is 14.8 Å². The standard InChI is InChI=1S/C30H25F6NO4S/c1-19-26(39-2)25(17-42-19)27(38)37-18-28(16-20-8-4-3-5-9-20,21-10-6-12-23(14-21)40-29(31,32)33)22-11-7-13-24(15-22)41-30(34,35)36/h3-15,17H,16,18H2,1-2H3,(H,37,38). The zero-order chi connectivity index (χ0) is 30.5. The van der Waals surface area contributed by atoms with Crippen LogP contribution in [0.25, 0.3) is 0 Å². The molecule has 1 amide bonds. The average molecular weight is 610 g/mol. The Bertz CT molecular complexity index is 1460. The molecular weight excluding hydrogens is 584 g/mol. The van der Waals surface area contributed by atoms with Gasteiger partial charge in [-0.2, -0.15) is 0 Å². The van der Waals surface area contributed by atoms with E-state index in [0.29, 0.717) is 11.3 Å². The summed E-state index contributed by atoms with van der Waals surface area (Å²) in [5, 5.41) is 4.45. The largest absolute Gasteiger partial charge is 0.573 e. The molecule has 222 valence electrons. The summed E-state index contributed by atoms with van der Waals surface area (Å²) in [6, 6.07) is 19.1. The van der Waals surface area contributed by atoms with E-state index >= 15 is 0 Å². The molecule has 0 spiro atoms. The summed E-state index contributed by atoms with van der Waals surface area (Å²) in [6.45, 7) is 1.56. The van der Waals surface area contributed by atoms with Crippen LogP contribution in [0.3, 0.4) is 0 Å². The molecule has 0 unspecified atom stereocenters. The van der Waals surface area contributed by atoms with Gasteiger partial charge in [0.25, 0.3) is 5.91 Å². The fourth-order valence-electron chi connectivity index (χ4n) is 4.74. The van der Waals surface area contributed by atoms with Gasteiger partial charge < -0.3 is 19.5 Å². The van der Waals surface area contributed by atoms with Crippen LogP contribution in [0.1, 0.15) is 31.9 Å². The molecule has 0 saturated heterocycles. The molecule has 0 aliphatic heterocycles. The smallest absolute Gasteiger partial charge is 0.495 e. The van der Waals surface area contributed by atoms with E-state index in [0.717, 1.165) is 29.1 Å². The number of nitrogens with one attached hydrogen (secondary N) is 1. The summed E-state index contributed by atoms with van der Waals surface area (Å²) < 4.78 is 92.6. The first kappa shape index (κ1) is 30.8. The molecule has 5 nitrogen and oxygen atoms in total. The highest BCUT2D eigenvalue weighted by Crippen LogP contribution is 2.40. The first-order valence-electron chi connectivity index (χ1n) is 12.5. The van der Waals surface area contributed by atoms with E-state index < -0.39 is 35.5 Å². The fraction of sp³-hybridized carbons (Fsp3) is 0.233. The Morgan fingerprint density at radius 1 is 0.810 bits per heavy atom. The molecule has 0 radical (unpaired) electrons. The van der Waals surface area contributed by atoms with Crippen molar-refractivity contribution in [2.24, 2.45) is 0 Å². The number of halogens is 6. The zero-order valence-corrected chi connectivity index (χ0v) is 23.1. The van der Waals surface area contributed by atoms with Crippen LogP contribution in [0.15, 0.2) is 84.2 Å². The number of hydrogen-bond donors (Lipinski definition) is 1. The molecule has 1 N–H and O–H groups in total. The molecule has 3 aromatic carbocycles. The minimum atomic E-state index is -4.98. The monoisotopic (exact) mass is 609 g/mol. The van der Waals surface area contributed by atoms with E-state index in [1.165, 1.54) is 42.7 Å². The van der Waals surface area contributed by atoms with Crippen molar-refractivity contribution in [2.75, 3.05) is 13.7 Å². The van der Waals surface area contributed by atoms with Gasteiger partial charge in [0.1, 0.15) is 17.2 Å². The number of benzene rings is 3. The van der Waals surface area contributed by atoms with Crippen molar-refractivity contribution in [2.45, 2.75) is 31.5 Å². The number of rotatable bonds is 10. The molecule has 42 heavy (non-hydrogen) atoms. The van der Waals surface area contributed by atoms with Gasteiger partial charge in [-0.25, -0.2) is 0 Å². The third kappa shape index (κ3) is 7.55. The third-order valence-electron chi connectivity index (χ3n) is 6.51. The summed E-state index contributed by atoms with van der Waals surface area (Å²) >= 11 is 1.30. The maximum absolute atomic E-state index is 13.4. The average Bonchev–Trinajstić information content (AvgIpc) is 3.30. The first-order chi connectivity index (χ1) is 19.8. The molecule has 1 aromatic heterocycles. The predicted octanol–water partition coefficient (Wildman–Crippen LogP) is 7.82. The van der Waals surface area contributed by atoms with Crippen LogP contribution < -0.4 is 19.5 Å². The maximum atomic E-state index is 13.4. The van der Waals surface area contributed by atoms with Gasteiger partial charge in [0.05, 0.1) is 12.7 Å². The van der Waals surface area contributed by atoms with Crippen LogP contribution in [0.2, 0.25) is 0 Å². The van der Waals surface area contributed by atoms with Crippen molar-refractivity contribution in [3.05, 3.63) is 111 Å². The zero-order valence-electron chi connectivity index (χ0n) is 22.3. The van der Waals surface area contributed by atoms with Gasteiger partial charge in [-0.05, 0) is 54.3 Å². The number of carbonyl (C=O) groups is 1. The SMILES string of the molecule is COc1c(C(=O)NCC(Cc2ccccc2)(c2cccc(OC(F)(F)F)c2)c2cccc(OC(F)(F)F)c2)csc1C. The quantitative estimate of drug-likeness (QED) is 0.186. The fourth-order valence-corrected chi connectivity index (χ4v) is 5.55. The summed E-state index contributed by atoms with van der Waals surface area (Å²) in [5.41, 5.74) is 0.0830. The van der Waals surface area contributed by atoms with Crippen LogP contribution in [0.5, 0.6) is 17.2 Å². The van der Waals surface area contributed by atoms with Crippen molar-refractivity contribution >= 4 is 17.2 Å². The Balaban J connectivity index is 1.89. The molecule has 0 atom stereocenters. The lowest BCUT2D eigenvalue weighted by molar-refractivity contribution is -0.275. The van der Waals surface area contributed by atoms with Crippen LogP contribution in [-0.4, -0.2) is 32.3 Å². The molecule has 4 rings (SSSR count). The molecule has 4 aromatic rings. The predicted molar refractivity (Wildman–Crippen MR) is 145 cm³/mol. The topological polar surface area (TPSA) is 56.8 Å². The third-order valence-corrected chi connectivity index (χ3v) is 7.40. The molecular formula is C30H25F6NO4S. The number of methoxy groups -OCH3 is 1. The highest BCUT2D eigenvalue weighted by Gasteiger charge is 2.39. The number of hydrogen-bond acceptors (Lipinski definition) is 5. The molecule has 0 aliphatic carbocycles. The van der Waals surface area contributed by atoms with Crippen LogP contribution >= 0.6 is 11.3 Å². The summed E-state index contributed by atoms with van der Waals surface area (Å²) in [6.07, 6.45) is -9.88. The van der Waals surface area contributed by atoms with Crippen molar-refractivity contribution < 1.29 is 45.3 Å². The van der Waals surface area contributed by atoms with E-state index in [-0.39, 0.29) is 29.7 Å². The Morgan fingerprint density at radius 3 is 1.86 bits per heavy atom. The molecule has 0 bridgehead atoms. The molecule has 12 heteroatoms. The number of aryl methyl sites for hydroxylation is 1. The number of alkyl halides is 6. The Hall–Kier alpha value is -4.19. The van der Waals surface area contributed by atoms with Crippen molar-refractivity contribution in [1.82, 2.24) is 5.32 Å². The van der Waals surface area contributed by atoms with Gasteiger partial charge in [-0.15, -0.1) is 37.7 Å². The Morgan fingerprint density at radius 2 is 1.36 bits per heavy atom. The molecule has 0 fully saturated rings. The van der Waals surface area contributed by atoms with Gasteiger partial charge >= 0.3 is 12.7 Å². The minimum absolute atomic E-state index is 0.0822. The summed E-state index contributed by atoms with van der Waals surface area (Å²) in [5.74, 6) is -1.21. The van der Waals surface area contributed by atoms with E-state index in [9.17, 15) is 31.1 Å². The number of amides is 1. The van der Waals surface area contributed by atoms with Crippen molar-refractivity contribution in [1.29, 1.82) is 0 Å². The first-order valence-corrected chi connectivity index (χ1v) is 13.3. The van der Waals surface area contributed by atoms with Gasteiger partial charge in [-0.3, -0.25) is 4.79 Å². The van der Waals surface area contributed by atoms with Gasteiger partial charge in [0, 0.05) is 22.2 Å². The second kappa shape index (κ2) is 12.4. The van der Waals surface area contributed by atoms with E-state index in [1.54, 1.807) is 42.6 Å². The molecule has 0 aliphatic rings. The number of carbonyl (C=O) groups excluding carboxylic acids is 1. The second-order valence-electron chi connectivity index (χ2n) is 9.32.